The number of halogens is 3. The summed E-state index contributed by atoms with van der Waals surface area (Å²) in [5.74, 6) is 0. The molecule has 184 valence electrons. The van der Waals surface area contributed by atoms with Crippen molar-refractivity contribution in [3.63, 3.8) is 0 Å². The predicted molar refractivity (Wildman–Crippen MR) is 127 cm³/mol. The van der Waals surface area contributed by atoms with Crippen molar-refractivity contribution in [2.45, 2.75) is 12.7 Å². The minimum absolute atomic E-state index is 0.0204. The van der Waals surface area contributed by atoms with Gasteiger partial charge in [0, 0.05) is 13.6 Å². The molecule has 0 aliphatic rings. The van der Waals surface area contributed by atoms with Gasteiger partial charge in [0.05, 0.1) is 51.7 Å². The normalized spacial score (nSPS) is 11.6. The number of rotatable bonds is 5. The molecular formula is C25H21F3N6O2. The van der Waals surface area contributed by atoms with E-state index in [9.17, 15) is 22.8 Å². The summed E-state index contributed by atoms with van der Waals surface area (Å²) < 4.78 is 43.8. The first kappa shape index (κ1) is 24.7. The van der Waals surface area contributed by atoms with E-state index >= 15 is 0 Å². The minimum Gasteiger partial charge on any atom is -0.304 e. The lowest BCUT2D eigenvalue weighted by Crippen LogP contribution is -2.41. The first-order valence-corrected chi connectivity index (χ1v) is 10.7. The summed E-state index contributed by atoms with van der Waals surface area (Å²) in [5, 5.41) is 13.4. The maximum Gasteiger partial charge on any atom is 0.416 e. The van der Waals surface area contributed by atoms with Crippen molar-refractivity contribution in [2.24, 2.45) is 7.05 Å². The Morgan fingerprint density at radius 1 is 1.03 bits per heavy atom. The highest BCUT2D eigenvalue weighted by atomic mass is 19.4. The van der Waals surface area contributed by atoms with Crippen molar-refractivity contribution in [3.05, 3.63) is 98.5 Å². The fraction of sp³-hybridized carbons (Fsp3) is 0.200. The molecular weight excluding hydrogens is 473 g/mol. The number of hydrogen-bond donors (Lipinski definition) is 0. The second kappa shape index (κ2) is 9.31. The molecule has 2 aromatic heterocycles. The zero-order chi connectivity index (χ0) is 26.2. The van der Waals surface area contributed by atoms with Crippen LogP contribution in [0.15, 0.2) is 70.4 Å². The average Bonchev–Trinajstić information content (AvgIpc) is 3.31. The lowest BCUT2D eigenvalue weighted by molar-refractivity contribution is -0.137. The summed E-state index contributed by atoms with van der Waals surface area (Å²) in [5.41, 5.74) is -0.655. The molecule has 36 heavy (non-hydrogen) atoms. The quantitative estimate of drug-likeness (QED) is 0.425. The van der Waals surface area contributed by atoms with Gasteiger partial charge in [0.1, 0.15) is 0 Å². The zero-order valence-electron chi connectivity index (χ0n) is 19.6. The molecule has 0 aliphatic carbocycles. The van der Waals surface area contributed by atoms with E-state index in [1.165, 1.54) is 30.1 Å². The Morgan fingerprint density at radius 2 is 1.72 bits per heavy atom. The third-order valence-corrected chi connectivity index (χ3v) is 5.59. The molecule has 0 bridgehead atoms. The molecule has 8 nitrogen and oxygen atoms in total. The first-order valence-electron chi connectivity index (χ1n) is 10.7. The highest BCUT2D eigenvalue weighted by Crippen LogP contribution is 2.31. The Balaban J connectivity index is 2.06. The summed E-state index contributed by atoms with van der Waals surface area (Å²) >= 11 is 0. The lowest BCUT2D eigenvalue weighted by atomic mass is 10.1. The van der Waals surface area contributed by atoms with E-state index in [0.717, 1.165) is 21.3 Å². The fourth-order valence-electron chi connectivity index (χ4n) is 3.93. The van der Waals surface area contributed by atoms with Crippen molar-refractivity contribution in [2.75, 3.05) is 14.1 Å². The summed E-state index contributed by atoms with van der Waals surface area (Å²) in [7, 11) is 4.72. The van der Waals surface area contributed by atoms with Gasteiger partial charge < -0.3 is 4.90 Å². The highest BCUT2D eigenvalue weighted by molar-refractivity contribution is 5.65. The van der Waals surface area contributed by atoms with E-state index < -0.39 is 23.0 Å². The van der Waals surface area contributed by atoms with Crippen molar-refractivity contribution >= 4 is 0 Å². The first-order chi connectivity index (χ1) is 17.0. The van der Waals surface area contributed by atoms with E-state index in [-0.39, 0.29) is 23.5 Å². The van der Waals surface area contributed by atoms with Gasteiger partial charge in [-0.15, -0.1) is 0 Å². The molecule has 4 aromatic rings. The van der Waals surface area contributed by atoms with Crippen LogP contribution < -0.4 is 11.2 Å². The second-order valence-electron chi connectivity index (χ2n) is 8.38. The third kappa shape index (κ3) is 4.46. The summed E-state index contributed by atoms with van der Waals surface area (Å²) in [6, 6.07) is 14.6. The van der Waals surface area contributed by atoms with Gasteiger partial charge in [0.2, 0.25) is 0 Å². The maximum atomic E-state index is 13.5. The highest BCUT2D eigenvalue weighted by Gasteiger charge is 2.31. The van der Waals surface area contributed by atoms with Gasteiger partial charge in [0.15, 0.2) is 0 Å². The molecule has 0 unspecified atom stereocenters. The lowest BCUT2D eigenvalue weighted by Gasteiger charge is -2.22. The number of alkyl halides is 3. The number of nitriles is 1. The van der Waals surface area contributed by atoms with Crippen LogP contribution in [0.4, 0.5) is 13.2 Å². The molecule has 4 rings (SSSR count). The van der Waals surface area contributed by atoms with E-state index in [0.29, 0.717) is 16.9 Å². The average molecular weight is 494 g/mol. The molecule has 0 aliphatic heterocycles. The van der Waals surface area contributed by atoms with Crippen LogP contribution in [-0.2, 0) is 19.8 Å². The number of hydrogen-bond acceptors (Lipinski definition) is 5. The summed E-state index contributed by atoms with van der Waals surface area (Å²) in [6.07, 6.45) is -3.13. The Bertz CT molecular complexity index is 1590. The molecule has 0 atom stereocenters. The maximum absolute atomic E-state index is 13.5. The van der Waals surface area contributed by atoms with E-state index in [1.807, 2.05) is 6.07 Å². The van der Waals surface area contributed by atoms with Gasteiger partial charge in [-0.05, 0) is 62.6 Å². The van der Waals surface area contributed by atoms with E-state index in [4.69, 9.17) is 5.26 Å². The molecule has 0 radical (unpaired) electrons. The van der Waals surface area contributed by atoms with Crippen LogP contribution >= 0.6 is 0 Å². The Labute approximate surface area is 203 Å². The van der Waals surface area contributed by atoms with Crippen LogP contribution in [-0.4, -0.2) is 37.9 Å². The summed E-state index contributed by atoms with van der Waals surface area (Å²) in [6.45, 7) is 0.0788. The van der Waals surface area contributed by atoms with Crippen LogP contribution in [0.5, 0.6) is 0 Å². The molecule has 2 aromatic carbocycles. The third-order valence-electron chi connectivity index (χ3n) is 5.59. The van der Waals surface area contributed by atoms with Crippen molar-refractivity contribution in [3.8, 4) is 28.7 Å². The molecule has 0 spiro atoms. The number of nitrogens with zero attached hydrogens (tertiary/aromatic N) is 6. The molecule has 11 heteroatoms. The standard InChI is InChI=1S/C25H21F3N6O2/c1-31(2)15-21-22(20-11-12-30-34(20)18-9-7-16(14-29)8-10-18)23(35)32(3)24(36)33(21)19-6-4-5-17(13-19)25(26,27)28/h4-13H,15H2,1-3H3. The van der Waals surface area contributed by atoms with Crippen molar-refractivity contribution in [1.82, 2.24) is 23.8 Å². The van der Waals surface area contributed by atoms with Gasteiger partial charge >= 0.3 is 11.9 Å². The van der Waals surface area contributed by atoms with Gasteiger partial charge in [-0.1, -0.05) is 6.07 Å². The smallest absolute Gasteiger partial charge is 0.304 e. The Morgan fingerprint density at radius 3 is 2.33 bits per heavy atom. The van der Waals surface area contributed by atoms with Gasteiger partial charge in [-0.3, -0.25) is 13.9 Å². The molecule has 2 heterocycles. The Kier molecular flexibility index (Phi) is 6.39. The van der Waals surface area contributed by atoms with E-state index in [2.05, 4.69) is 5.10 Å². The van der Waals surface area contributed by atoms with Crippen LogP contribution in [0, 0.1) is 11.3 Å². The SMILES string of the molecule is CN(C)Cc1c(-c2ccnn2-c2ccc(C#N)cc2)c(=O)n(C)c(=O)n1-c1cccc(C(F)(F)F)c1. The number of benzene rings is 2. The van der Waals surface area contributed by atoms with Crippen molar-refractivity contribution < 1.29 is 13.2 Å². The minimum atomic E-state index is -4.61. The topological polar surface area (TPSA) is 88.8 Å². The monoisotopic (exact) mass is 494 g/mol. The predicted octanol–water partition coefficient (Wildman–Crippen LogP) is 3.34. The van der Waals surface area contributed by atoms with Crippen molar-refractivity contribution in [1.29, 1.82) is 5.26 Å². The molecule has 0 fully saturated rings. The zero-order valence-corrected chi connectivity index (χ0v) is 19.6. The number of aromatic nitrogens is 4. The Hall–Kier alpha value is -4.43. The largest absolute Gasteiger partial charge is 0.416 e. The molecule has 0 saturated carbocycles. The molecule has 0 amide bonds. The fourth-order valence-corrected chi connectivity index (χ4v) is 3.93. The van der Waals surface area contributed by atoms with Crippen LogP contribution in [0.3, 0.4) is 0 Å². The van der Waals surface area contributed by atoms with Gasteiger partial charge in [-0.2, -0.15) is 23.5 Å². The van der Waals surface area contributed by atoms with Gasteiger partial charge in [-0.25, -0.2) is 9.48 Å². The summed E-state index contributed by atoms with van der Waals surface area (Å²) in [4.78, 5) is 28.4. The molecule has 0 N–H and O–H groups in total. The van der Waals surface area contributed by atoms with Crippen LogP contribution in [0.25, 0.3) is 22.6 Å². The molecule has 0 saturated heterocycles. The van der Waals surface area contributed by atoms with Crippen LogP contribution in [0.1, 0.15) is 16.8 Å². The van der Waals surface area contributed by atoms with E-state index in [1.54, 1.807) is 49.3 Å². The second-order valence-corrected chi connectivity index (χ2v) is 8.38. The van der Waals surface area contributed by atoms with Crippen LogP contribution in [0.2, 0.25) is 0 Å². The van der Waals surface area contributed by atoms with Gasteiger partial charge in [0.25, 0.3) is 5.56 Å².